The van der Waals surface area contributed by atoms with Crippen molar-refractivity contribution in [3.8, 4) is 0 Å². The van der Waals surface area contributed by atoms with Gasteiger partial charge in [0, 0.05) is 24.4 Å². The molecule has 1 aromatic rings. The van der Waals surface area contributed by atoms with Crippen molar-refractivity contribution in [2.75, 3.05) is 0 Å². The van der Waals surface area contributed by atoms with Gasteiger partial charge in [0.15, 0.2) is 0 Å². The van der Waals surface area contributed by atoms with E-state index in [-0.39, 0.29) is 5.91 Å². The van der Waals surface area contributed by atoms with Crippen LogP contribution in [0.5, 0.6) is 0 Å². The van der Waals surface area contributed by atoms with E-state index in [2.05, 4.69) is 22.4 Å². The van der Waals surface area contributed by atoms with Gasteiger partial charge in [-0.15, -0.1) is 0 Å². The number of nitrogens with one attached hydrogen (secondary N) is 1. The van der Waals surface area contributed by atoms with Crippen LogP contribution < -0.4 is 5.43 Å². The third kappa shape index (κ3) is 5.24. The summed E-state index contributed by atoms with van der Waals surface area (Å²) in [5, 5.41) is 4.06. The maximum Gasteiger partial charge on any atom is 0.240 e. The third-order valence-electron chi connectivity index (χ3n) is 2.45. The minimum absolute atomic E-state index is 0.0214. The topological polar surface area (TPSA) is 54.4 Å². The Bertz CT molecular complexity index is 374. The molecule has 92 valence electrons. The molecule has 0 saturated heterocycles. The summed E-state index contributed by atoms with van der Waals surface area (Å²) in [5.41, 5.74) is 4.32. The van der Waals surface area contributed by atoms with Gasteiger partial charge in [0.05, 0.1) is 5.71 Å². The summed E-state index contributed by atoms with van der Waals surface area (Å²) in [6.45, 7) is 3.98. The zero-order chi connectivity index (χ0) is 12.5. The average Bonchev–Trinajstić information content (AvgIpc) is 2.37. The first-order chi connectivity index (χ1) is 8.24. The monoisotopic (exact) mass is 233 g/mol. The standard InChI is InChI=1S/C13H19N3O/c1-3-4-5-6-13(17)16-15-11(2)12-7-9-14-10-8-12/h7-10H,3-6H2,1-2H3,(H,16,17). The fourth-order valence-electron chi connectivity index (χ4n) is 1.40. The number of carbonyl (C=O) groups is 1. The Labute approximate surface area is 102 Å². The van der Waals surface area contributed by atoms with Crippen LogP contribution in [0.2, 0.25) is 0 Å². The first-order valence-corrected chi connectivity index (χ1v) is 5.97. The molecular weight excluding hydrogens is 214 g/mol. The van der Waals surface area contributed by atoms with Crippen molar-refractivity contribution >= 4 is 11.6 Å². The number of rotatable bonds is 6. The maximum atomic E-state index is 11.4. The minimum Gasteiger partial charge on any atom is -0.273 e. The lowest BCUT2D eigenvalue weighted by molar-refractivity contribution is -0.121. The lowest BCUT2D eigenvalue weighted by Crippen LogP contribution is -2.18. The fourth-order valence-corrected chi connectivity index (χ4v) is 1.40. The number of nitrogens with zero attached hydrogens (tertiary/aromatic N) is 2. The molecule has 1 amide bonds. The summed E-state index contributed by atoms with van der Waals surface area (Å²) < 4.78 is 0. The lowest BCUT2D eigenvalue weighted by Gasteiger charge is -2.02. The number of pyridine rings is 1. The number of hydrogen-bond acceptors (Lipinski definition) is 3. The molecule has 0 saturated carbocycles. The number of unbranched alkanes of at least 4 members (excludes halogenated alkanes) is 2. The van der Waals surface area contributed by atoms with Gasteiger partial charge in [-0.2, -0.15) is 5.10 Å². The van der Waals surface area contributed by atoms with E-state index >= 15 is 0 Å². The van der Waals surface area contributed by atoms with Crippen molar-refractivity contribution in [1.82, 2.24) is 10.4 Å². The highest BCUT2D eigenvalue weighted by Gasteiger charge is 2.00. The van der Waals surface area contributed by atoms with Gasteiger partial charge in [-0.25, -0.2) is 5.43 Å². The molecule has 1 heterocycles. The molecule has 0 aliphatic rings. The van der Waals surface area contributed by atoms with Gasteiger partial charge in [-0.3, -0.25) is 9.78 Å². The third-order valence-corrected chi connectivity index (χ3v) is 2.45. The molecule has 0 atom stereocenters. The van der Waals surface area contributed by atoms with Crippen LogP contribution in [0.3, 0.4) is 0 Å². The highest BCUT2D eigenvalue weighted by molar-refractivity contribution is 5.99. The number of hydrazone groups is 1. The Balaban J connectivity index is 2.40. The molecule has 0 aliphatic heterocycles. The zero-order valence-electron chi connectivity index (χ0n) is 10.4. The Morgan fingerprint density at radius 3 is 2.71 bits per heavy atom. The second kappa shape index (κ2) is 7.54. The van der Waals surface area contributed by atoms with E-state index in [1.54, 1.807) is 12.4 Å². The molecule has 1 aromatic heterocycles. The molecule has 0 radical (unpaired) electrons. The molecular formula is C13H19N3O. The molecule has 0 spiro atoms. The van der Waals surface area contributed by atoms with E-state index in [1.807, 2.05) is 19.1 Å². The molecule has 0 bridgehead atoms. The Hall–Kier alpha value is -1.71. The zero-order valence-corrected chi connectivity index (χ0v) is 10.4. The fraction of sp³-hybridized carbons (Fsp3) is 0.462. The van der Waals surface area contributed by atoms with Crippen LogP contribution in [0.25, 0.3) is 0 Å². The van der Waals surface area contributed by atoms with Crippen molar-refractivity contribution in [3.05, 3.63) is 30.1 Å². The van der Waals surface area contributed by atoms with Gasteiger partial charge in [0.1, 0.15) is 0 Å². The van der Waals surface area contributed by atoms with Crippen LogP contribution in [0.1, 0.15) is 45.1 Å². The van der Waals surface area contributed by atoms with Crippen LogP contribution in [0, 0.1) is 0 Å². The first kappa shape index (κ1) is 13.4. The largest absolute Gasteiger partial charge is 0.273 e. The highest BCUT2D eigenvalue weighted by atomic mass is 16.2. The van der Waals surface area contributed by atoms with E-state index < -0.39 is 0 Å². The molecule has 4 heteroatoms. The van der Waals surface area contributed by atoms with Crippen LogP contribution in [0.4, 0.5) is 0 Å². The average molecular weight is 233 g/mol. The minimum atomic E-state index is -0.0214. The van der Waals surface area contributed by atoms with E-state index in [4.69, 9.17) is 0 Å². The van der Waals surface area contributed by atoms with E-state index in [0.29, 0.717) is 6.42 Å². The summed E-state index contributed by atoms with van der Waals surface area (Å²) in [7, 11) is 0. The molecule has 0 aliphatic carbocycles. The number of carbonyl (C=O) groups excluding carboxylic acids is 1. The van der Waals surface area contributed by atoms with Gasteiger partial charge in [0.25, 0.3) is 0 Å². The molecule has 1 rings (SSSR count). The van der Waals surface area contributed by atoms with Crippen molar-refractivity contribution in [2.45, 2.75) is 39.5 Å². The molecule has 0 fully saturated rings. The van der Waals surface area contributed by atoms with Crippen LogP contribution in [0.15, 0.2) is 29.6 Å². The van der Waals surface area contributed by atoms with E-state index in [1.165, 1.54) is 0 Å². The maximum absolute atomic E-state index is 11.4. The second-order valence-corrected chi connectivity index (χ2v) is 3.93. The van der Waals surface area contributed by atoms with Gasteiger partial charge in [0.2, 0.25) is 5.91 Å². The second-order valence-electron chi connectivity index (χ2n) is 3.93. The quantitative estimate of drug-likeness (QED) is 0.466. The molecule has 0 unspecified atom stereocenters. The van der Waals surface area contributed by atoms with Gasteiger partial charge in [-0.1, -0.05) is 19.8 Å². The highest BCUT2D eigenvalue weighted by Crippen LogP contribution is 2.00. The van der Waals surface area contributed by atoms with Crippen LogP contribution in [-0.4, -0.2) is 16.6 Å². The van der Waals surface area contributed by atoms with E-state index in [9.17, 15) is 4.79 Å². The van der Waals surface area contributed by atoms with E-state index in [0.717, 1.165) is 30.5 Å². The van der Waals surface area contributed by atoms with Crippen molar-refractivity contribution in [3.63, 3.8) is 0 Å². The summed E-state index contributed by atoms with van der Waals surface area (Å²) in [6.07, 6.45) is 7.08. The normalized spacial score (nSPS) is 11.3. The summed E-state index contributed by atoms with van der Waals surface area (Å²) in [5.74, 6) is -0.0214. The summed E-state index contributed by atoms with van der Waals surface area (Å²) in [4.78, 5) is 15.4. The smallest absolute Gasteiger partial charge is 0.240 e. The molecule has 4 nitrogen and oxygen atoms in total. The molecule has 1 N–H and O–H groups in total. The summed E-state index contributed by atoms with van der Waals surface area (Å²) >= 11 is 0. The Kier molecular flexibility index (Phi) is 5.93. The lowest BCUT2D eigenvalue weighted by atomic mass is 10.2. The first-order valence-electron chi connectivity index (χ1n) is 5.97. The SMILES string of the molecule is CCCCCC(=O)NN=C(C)c1ccncc1. The predicted octanol–water partition coefficient (Wildman–Crippen LogP) is 2.50. The molecule has 17 heavy (non-hydrogen) atoms. The van der Waals surface area contributed by atoms with Crippen molar-refractivity contribution in [1.29, 1.82) is 0 Å². The Morgan fingerprint density at radius 2 is 2.06 bits per heavy atom. The summed E-state index contributed by atoms with van der Waals surface area (Å²) in [6, 6.07) is 3.73. The predicted molar refractivity (Wildman–Crippen MR) is 68.7 cm³/mol. The van der Waals surface area contributed by atoms with Crippen LogP contribution >= 0.6 is 0 Å². The van der Waals surface area contributed by atoms with Gasteiger partial charge < -0.3 is 0 Å². The van der Waals surface area contributed by atoms with Gasteiger partial charge >= 0.3 is 0 Å². The van der Waals surface area contributed by atoms with Crippen molar-refractivity contribution in [2.24, 2.45) is 5.10 Å². The van der Waals surface area contributed by atoms with Gasteiger partial charge in [-0.05, 0) is 25.5 Å². The Morgan fingerprint density at radius 1 is 1.35 bits per heavy atom. The van der Waals surface area contributed by atoms with Crippen LogP contribution in [-0.2, 0) is 4.79 Å². The number of aromatic nitrogens is 1. The number of amides is 1. The number of hydrogen-bond donors (Lipinski definition) is 1. The molecule has 0 aromatic carbocycles. The van der Waals surface area contributed by atoms with Crippen molar-refractivity contribution < 1.29 is 4.79 Å².